The van der Waals surface area contributed by atoms with Gasteiger partial charge in [-0.1, -0.05) is 0 Å². The van der Waals surface area contributed by atoms with E-state index in [1.165, 1.54) is 25.3 Å². The minimum atomic E-state index is -0.603. The number of benzene rings is 1. The van der Waals surface area contributed by atoms with Crippen molar-refractivity contribution in [1.29, 1.82) is 0 Å². The van der Waals surface area contributed by atoms with Crippen LogP contribution in [0.3, 0.4) is 0 Å². The fraction of sp³-hybridized carbons (Fsp3) is 0.200. The second-order valence-corrected chi connectivity index (χ2v) is 3.45. The third-order valence-electron chi connectivity index (χ3n) is 2.47. The van der Waals surface area contributed by atoms with E-state index in [1.807, 2.05) is 0 Å². The van der Waals surface area contributed by atoms with Crippen molar-refractivity contribution in [3.63, 3.8) is 0 Å². The van der Waals surface area contributed by atoms with Gasteiger partial charge in [0.1, 0.15) is 0 Å². The molecule has 7 nitrogen and oxygen atoms in total. The lowest BCUT2D eigenvalue weighted by Crippen LogP contribution is -2.41. The zero-order valence-corrected chi connectivity index (χ0v) is 8.87. The molecule has 7 heteroatoms. The fourth-order valence-electron chi connectivity index (χ4n) is 1.69. The number of fused-ring (bicyclic) bond motifs is 1. The predicted octanol–water partition coefficient (Wildman–Crippen LogP) is 0.681. The number of amides is 2. The number of nitro benzene ring substituents is 1. The molecule has 0 atom stereocenters. The summed E-state index contributed by atoms with van der Waals surface area (Å²) in [7, 11) is 1.21. The van der Waals surface area contributed by atoms with Gasteiger partial charge in [-0.15, -0.1) is 5.06 Å². The summed E-state index contributed by atoms with van der Waals surface area (Å²) >= 11 is 0. The molecule has 88 valence electrons. The van der Waals surface area contributed by atoms with Crippen molar-refractivity contribution in [3.8, 4) is 0 Å². The van der Waals surface area contributed by atoms with Gasteiger partial charge >= 0.3 is 0 Å². The summed E-state index contributed by atoms with van der Waals surface area (Å²) in [5.74, 6) is -1.14. The molecule has 2 amide bonds. The minimum absolute atomic E-state index is 0.0867. The van der Waals surface area contributed by atoms with Gasteiger partial charge in [0.25, 0.3) is 17.5 Å². The molecule has 17 heavy (non-hydrogen) atoms. The highest BCUT2D eigenvalue weighted by Crippen LogP contribution is 2.24. The average molecular weight is 236 g/mol. The minimum Gasteiger partial charge on any atom is -0.272 e. The van der Waals surface area contributed by atoms with Crippen molar-refractivity contribution < 1.29 is 19.3 Å². The van der Waals surface area contributed by atoms with Crippen LogP contribution in [0.2, 0.25) is 0 Å². The highest BCUT2D eigenvalue weighted by Gasteiger charge is 2.32. The second kappa shape index (κ2) is 3.95. The van der Waals surface area contributed by atoms with Gasteiger partial charge < -0.3 is 0 Å². The topological polar surface area (TPSA) is 89.8 Å². The molecule has 0 radical (unpaired) electrons. The number of hydrogen-bond donors (Lipinski definition) is 0. The van der Waals surface area contributed by atoms with Gasteiger partial charge in [-0.3, -0.25) is 24.5 Å². The van der Waals surface area contributed by atoms with E-state index in [0.29, 0.717) is 10.6 Å². The highest BCUT2D eigenvalue weighted by atomic mass is 16.7. The van der Waals surface area contributed by atoms with Gasteiger partial charge in [0.05, 0.1) is 18.5 Å². The number of non-ortho nitro benzene ring substituents is 1. The lowest BCUT2D eigenvalue weighted by atomic mass is 9.99. The number of carbonyl (C=O) groups excluding carboxylic acids is 2. The summed E-state index contributed by atoms with van der Waals surface area (Å²) in [5, 5.41) is 11.2. The number of hydroxylamine groups is 2. The Hall–Kier alpha value is -2.28. The van der Waals surface area contributed by atoms with Crippen molar-refractivity contribution in [3.05, 3.63) is 39.4 Å². The fourth-order valence-corrected chi connectivity index (χ4v) is 1.69. The first-order chi connectivity index (χ1) is 8.04. The van der Waals surface area contributed by atoms with E-state index in [1.54, 1.807) is 0 Å². The van der Waals surface area contributed by atoms with Crippen LogP contribution in [0.1, 0.15) is 15.9 Å². The van der Waals surface area contributed by atoms with Gasteiger partial charge in [-0.05, 0) is 11.6 Å². The molecular formula is C10H8N2O5. The molecule has 1 aliphatic heterocycles. The summed E-state index contributed by atoms with van der Waals surface area (Å²) in [6, 6.07) is 3.78. The van der Waals surface area contributed by atoms with E-state index in [2.05, 4.69) is 4.84 Å². The Labute approximate surface area is 95.7 Å². The van der Waals surface area contributed by atoms with Crippen molar-refractivity contribution >= 4 is 17.5 Å². The van der Waals surface area contributed by atoms with Gasteiger partial charge in [0.2, 0.25) is 0 Å². The van der Waals surface area contributed by atoms with Crippen LogP contribution in [-0.2, 0) is 16.1 Å². The maximum absolute atomic E-state index is 11.7. The molecule has 1 aromatic carbocycles. The van der Waals surface area contributed by atoms with E-state index in [9.17, 15) is 19.7 Å². The zero-order valence-electron chi connectivity index (χ0n) is 8.87. The molecule has 1 aromatic rings. The first kappa shape index (κ1) is 11.2. The van der Waals surface area contributed by atoms with Gasteiger partial charge in [0.15, 0.2) is 0 Å². The van der Waals surface area contributed by atoms with Crippen LogP contribution < -0.4 is 0 Å². The summed E-state index contributed by atoms with van der Waals surface area (Å²) in [6.45, 7) is 0. The molecule has 0 spiro atoms. The standard InChI is InChI=1S/C10H8N2O5/c1-17-11-9(13)5-6-4-7(12(15)16)2-3-8(6)10(11)14/h2-4H,5H2,1H3. The average Bonchev–Trinajstić information content (AvgIpc) is 2.28. The SMILES string of the molecule is CON1C(=O)Cc2cc([N+](=O)[O-])ccc2C1=O. The Morgan fingerprint density at radius 3 is 2.71 bits per heavy atom. The van der Waals surface area contributed by atoms with Gasteiger partial charge in [-0.25, -0.2) is 0 Å². The molecular weight excluding hydrogens is 228 g/mol. The lowest BCUT2D eigenvalue weighted by molar-refractivity contribution is -0.384. The highest BCUT2D eigenvalue weighted by molar-refractivity contribution is 6.08. The van der Waals surface area contributed by atoms with Crippen LogP contribution in [0.4, 0.5) is 5.69 Å². The molecule has 2 rings (SSSR count). The van der Waals surface area contributed by atoms with Crippen LogP contribution in [0.5, 0.6) is 0 Å². The third-order valence-corrected chi connectivity index (χ3v) is 2.47. The molecule has 0 saturated heterocycles. The van der Waals surface area contributed by atoms with E-state index in [4.69, 9.17) is 0 Å². The smallest absolute Gasteiger partial charge is 0.272 e. The maximum Gasteiger partial charge on any atom is 0.285 e. The summed E-state index contributed by atoms with van der Waals surface area (Å²) in [4.78, 5) is 37.9. The number of nitro groups is 1. The second-order valence-electron chi connectivity index (χ2n) is 3.45. The Bertz CT molecular complexity index is 525. The summed E-state index contributed by atoms with van der Waals surface area (Å²) < 4.78 is 0. The quantitative estimate of drug-likeness (QED) is 0.428. The van der Waals surface area contributed by atoms with E-state index < -0.39 is 16.7 Å². The molecule has 0 unspecified atom stereocenters. The first-order valence-corrected chi connectivity index (χ1v) is 4.73. The molecule has 1 heterocycles. The number of hydrogen-bond acceptors (Lipinski definition) is 5. The van der Waals surface area contributed by atoms with E-state index >= 15 is 0 Å². The molecule has 0 aromatic heterocycles. The van der Waals surface area contributed by atoms with Crippen molar-refractivity contribution in [1.82, 2.24) is 5.06 Å². The van der Waals surface area contributed by atoms with Gasteiger partial charge in [0, 0.05) is 17.7 Å². The van der Waals surface area contributed by atoms with Crippen LogP contribution in [0, 0.1) is 10.1 Å². The Kier molecular flexibility index (Phi) is 2.60. The maximum atomic E-state index is 11.7. The van der Waals surface area contributed by atoms with Crippen LogP contribution >= 0.6 is 0 Å². The Morgan fingerprint density at radius 2 is 2.12 bits per heavy atom. The molecule has 0 aliphatic carbocycles. The van der Waals surface area contributed by atoms with Crippen LogP contribution in [-0.4, -0.2) is 28.9 Å². The predicted molar refractivity (Wildman–Crippen MR) is 55.0 cm³/mol. The summed E-state index contributed by atoms with van der Waals surface area (Å²) in [6.07, 6.45) is -0.0867. The molecule has 0 fully saturated rings. The Morgan fingerprint density at radius 1 is 1.41 bits per heavy atom. The normalized spacial score (nSPS) is 14.8. The van der Waals surface area contributed by atoms with Gasteiger partial charge in [-0.2, -0.15) is 0 Å². The summed E-state index contributed by atoms with van der Waals surface area (Å²) in [5.41, 5.74) is 0.453. The molecule has 1 aliphatic rings. The van der Waals surface area contributed by atoms with Crippen LogP contribution in [0.15, 0.2) is 18.2 Å². The monoisotopic (exact) mass is 236 g/mol. The third kappa shape index (κ3) is 1.76. The number of rotatable bonds is 2. The largest absolute Gasteiger partial charge is 0.285 e. The molecule has 0 bridgehead atoms. The molecule has 0 saturated carbocycles. The number of imide groups is 1. The number of carbonyl (C=O) groups is 2. The van der Waals surface area contributed by atoms with E-state index in [0.717, 1.165) is 0 Å². The zero-order chi connectivity index (χ0) is 12.6. The number of nitrogens with zero attached hydrogens (tertiary/aromatic N) is 2. The van der Waals surface area contributed by atoms with Crippen LogP contribution in [0.25, 0.3) is 0 Å². The lowest BCUT2D eigenvalue weighted by Gasteiger charge is -2.23. The first-order valence-electron chi connectivity index (χ1n) is 4.73. The molecule has 0 N–H and O–H groups in total. The Balaban J connectivity index is 2.49. The van der Waals surface area contributed by atoms with E-state index in [-0.39, 0.29) is 17.7 Å². The van der Waals surface area contributed by atoms with Crippen molar-refractivity contribution in [2.75, 3.05) is 7.11 Å². The van der Waals surface area contributed by atoms with Crippen molar-refractivity contribution in [2.45, 2.75) is 6.42 Å². The van der Waals surface area contributed by atoms with Crippen molar-refractivity contribution in [2.24, 2.45) is 0 Å².